The van der Waals surface area contributed by atoms with E-state index in [-0.39, 0.29) is 22.1 Å². The van der Waals surface area contributed by atoms with E-state index in [2.05, 4.69) is 26.9 Å². The van der Waals surface area contributed by atoms with Crippen molar-refractivity contribution >= 4 is 29.1 Å². The Bertz CT molecular complexity index is 491. The normalized spacial score (nSPS) is 16.9. The molecule has 0 bridgehead atoms. The molecule has 0 radical (unpaired) electrons. The van der Waals surface area contributed by atoms with E-state index in [0.717, 1.165) is 12.8 Å². The minimum absolute atomic E-state index is 0.0933. The summed E-state index contributed by atoms with van der Waals surface area (Å²) >= 11 is 1.83. The molecule has 110 valence electrons. The fourth-order valence-corrected chi connectivity index (χ4v) is 3.49. The van der Waals surface area contributed by atoms with Gasteiger partial charge in [0.25, 0.3) is 0 Å². The lowest BCUT2D eigenvalue weighted by molar-refractivity contribution is -0.383. The number of hydrogen-bond acceptors (Lipinski definition) is 7. The molecule has 1 saturated carbocycles. The molecule has 0 unspecified atom stereocenters. The first-order valence-corrected chi connectivity index (χ1v) is 7.80. The molecule has 0 amide bonds. The average Bonchev–Trinajstić information content (AvgIpc) is 2.93. The minimum atomic E-state index is -0.450. The SMILES string of the molecule is CNc1ncnc(NCC2(SC)CCCC2)c1[N+](=O)[O-]. The van der Waals surface area contributed by atoms with Crippen molar-refractivity contribution in [3.8, 4) is 0 Å². The summed E-state index contributed by atoms with van der Waals surface area (Å²) < 4.78 is 0.165. The first kappa shape index (κ1) is 14.8. The second-order valence-electron chi connectivity index (χ2n) is 4.87. The molecule has 1 aliphatic rings. The largest absolute Gasteiger partial charge is 0.367 e. The smallest absolute Gasteiger partial charge is 0.353 e. The van der Waals surface area contributed by atoms with Crippen molar-refractivity contribution < 1.29 is 4.92 Å². The molecule has 2 rings (SSSR count). The Hall–Kier alpha value is -1.57. The highest BCUT2D eigenvalue weighted by atomic mass is 32.2. The topological polar surface area (TPSA) is 93.0 Å². The Morgan fingerprint density at radius 3 is 2.60 bits per heavy atom. The van der Waals surface area contributed by atoms with E-state index in [0.29, 0.717) is 6.54 Å². The highest BCUT2D eigenvalue weighted by molar-refractivity contribution is 8.00. The van der Waals surface area contributed by atoms with Crippen LogP contribution in [0.2, 0.25) is 0 Å². The van der Waals surface area contributed by atoms with E-state index in [1.165, 1.54) is 19.2 Å². The van der Waals surface area contributed by atoms with Crippen molar-refractivity contribution in [2.24, 2.45) is 0 Å². The van der Waals surface area contributed by atoms with Crippen molar-refractivity contribution in [2.45, 2.75) is 30.4 Å². The highest BCUT2D eigenvalue weighted by Crippen LogP contribution is 2.40. The predicted molar refractivity (Wildman–Crippen MR) is 81.4 cm³/mol. The number of rotatable bonds is 6. The van der Waals surface area contributed by atoms with Gasteiger partial charge in [0.1, 0.15) is 6.33 Å². The van der Waals surface area contributed by atoms with E-state index in [1.54, 1.807) is 7.05 Å². The quantitative estimate of drug-likeness (QED) is 0.615. The fraction of sp³-hybridized carbons (Fsp3) is 0.667. The van der Waals surface area contributed by atoms with Gasteiger partial charge >= 0.3 is 5.69 Å². The molecule has 0 aromatic carbocycles. The number of nitrogens with zero attached hydrogens (tertiary/aromatic N) is 3. The van der Waals surface area contributed by atoms with Gasteiger partial charge in [0.15, 0.2) is 0 Å². The van der Waals surface area contributed by atoms with Gasteiger partial charge in [-0.25, -0.2) is 9.97 Å². The van der Waals surface area contributed by atoms with Gasteiger partial charge in [-0.05, 0) is 19.1 Å². The third-order valence-corrected chi connectivity index (χ3v) is 5.19. The van der Waals surface area contributed by atoms with Gasteiger partial charge in [-0.15, -0.1) is 0 Å². The Morgan fingerprint density at radius 2 is 2.05 bits per heavy atom. The number of nitrogens with one attached hydrogen (secondary N) is 2. The van der Waals surface area contributed by atoms with Crippen LogP contribution in [-0.4, -0.2) is 39.5 Å². The molecule has 8 heteroatoms. The summed E-state index contributed by atoms with van der Waals surface area (Å²) in [5.74, 6) is 0.520. The summed E-state index contributed by atoms with van der Waals surface area (Å²) in [6, 6.07) is 0. The van der Waals surface area contributed by atoms with Gasteiger partial charge in [-0.3, -0.25) is 10.1 Å². The zero-order chi connectivity index (χ0) is 14.6. The van der Waals surface area contributed by atoms with Crippen LogP contribution in [0.4, 0.5) is 17.3 Å². The maximum atomic E-state index is 11.2. The van der Waals surface area contributed by atoms with Crippen LogP contribution in [0, 0.1) is 10.1 Å². The summed E-state index contributed by atoms with van der Waals surface area (Å²) in [6.45, 7) is 0.690. The lowest BCUT2D eigenvalue weighted by Crippen LogP contribution is -2.30. The van der Waals surface area contributed by atoms with Gasteiger partial charge in [-0.1, -0.05) is 12.8 Å². The maximum absolute atomic E-state index is 11.2. The van der Waals surface area contributed by atoms with E-state index in [9.17, 15) is 10.1 Å². The third kappa shape index (κ3) is 2.95. The number of anilines is 2. The maximum Gasteiger partial charge on any atom is 0.353 e. The van der Waals surface area contributed by atoms with Crippen molar-refractivity contribution in [3.05, 3.63) is 16.4 Å². The predicted octanol–water partition coefficient (Wildman–Crippen LogP) is 2.51. The van der Waals surface area contributed by atoms with Gasteiger partial charge in [-0.2, -0.15) is 11.8 Å². The van der Waals surface area contributed by atoms with Gasteiger partial charge in [0.2, 0.25) is 11.6 Å². The van der Waals surface area contributed by atoms with Crippen LogP contribution in [0.1, 0.15) is 25.7 Å². The second-order valence-corrected chi connectivity index (χ2v) is 6.15. The van der Waals surface area contributed by atoms with E-state index >= 15 is 0 Å². The number of thioether (sulfide) groups is 1. The van der Waals surface area contributed by atoms with E-state index < -0.39 is 4.92 Å². The van der Waals surface area contributed by atoms with Crippen LogP contribution in [-0.2, 0) is 0 Å². The third-order valence-electron chi connectivity index (χ3n) is 3.77. The number of nitro groups is 1. The molecular formula is C12H19N5O2S. The number of hydrogen-bond donors (Lipinski definition) is 2. The first-order chi connectivity index (χ1) is 9.62. The van der Waals surface area contributed by atoms with Crippen LogP contribution in [0.5, 0.6) is 0 Å². The van der Waals surface area contributed by atoms with Crippen molar-refractivity contribution in [1.29, 1.82) is 0 Å². The van der Waals surface area contributed by atoms with Crippen molar-refractivity contribution in [1.82, 2.24) is 9.97 Å². The van der Waals surface area contributed by atoms with Crippen molar-refractivity contribution in [3.63, 3.8) is 0 Å². The number of aromatic nitrogens is 2. The van der Waals surface area contributed by atoms with Crippen LogP contribution >= 0.6 is 11.8 Å². The second kappa shape index (κ2) is 6.25. The monoisotopic (exact) mass is 297 g/mol. The van der Waals surface area contributed by atoms with Gasteiger partial charge in [0.05, 0.1) is 4.92 Å². The van der Waals surface area contributed by atoms with Crippen LogP contribution in [0.3, 0.4) is 0 Å². The van der Waals surface area contributed by atoms with Gasteiger partial charge < -0.3 is 10.6 Å². The Balaban J connectivity index is 2.19. The Kier molecular flexibility index (Phi) is 4.64. The minimum Gasteiger partial charge on any atom is -0.367 e. The molecule has 1 heterocycles. The molecule has 0 saturated heterocycles. The molecule has 2 N–H and O–H groups in total. The average molecular weight is 297 g/mol. The zero-order valence-corrected chi connectivity index (χ0v) is 12.5. The van der Waals surface area contributed by atoms with Crippen LogP contribution < -0.4 is 10.6 Å². The Labute approximate surface area is 122 Å². The van der Waals surface area contributed by atoms with E-state index in [1.807, 2.05) is 11.8 Å². The Morgan fingerprint density at radius 1 is 1.40 bits per heavy atom. The summed E-state index contributed by atoms with van der Waals surface area (Å²) in [5, 5.41) is 17.1. The standard InChI is InChI=1S/C12H19N5O2S/c1-13-10-9(17(18)19)11(16-8-15-10)14-7-12(20-2)5-3-4-6-12/h8H,3-7H2,1-2H3,(H2,13,14,15,16). The molecule has 0 spiro atoms. The van der Waals surface area contributed by atoms with Crippen LogP contribution in [0.15, 0.2) is 6.33 Å². The molecule has 0 aliphatic heterocycles. The molecule has 1 aromatic heterocycles. The fourth-order valence-electron chi connectivity index (χ4n) is 2.58. The summed E-state index contributed by atoms with van der Waals surface area (Å²) in [6.07, 6.45) is 8.15. The molecular weight excluding hydrogens is 278 g/mol. The zero-order valence-electron chi connectivity index (χ0n) is 11.7. The summed E-state index contributed by atoms with van der Waals surface area (Å²) in [5.41, 5.74) is -0.0933. The van der Waals surface area contributed by atoms with Crippen LogP contribution in [0.25, 0.3) is 0 Å². The van der Waals surface area contributed by atoms with E-state index in [4.69, 9.17) is 0 Å². The molecule has 0 atom stereocenters. The first-order valence-electron chi connectivity index (χ1n) is 6.58. The van der Waals surface area contributed by atoms with Gasteiger partial charge in [0, 0.05) is 18.3 Å². The summed E-state index contributed by atoms with van der Waals surface area (Å²) in [7, 11) is 1.61. The van der Waals surface area contributed by atoms with Crippen molar-refractivity contribution in [2.75, 3.05) is 30.5 Å². The summed E-state index contributed by atoms with van der Waals surface area (Å²) in [4.78, 5) is 18.6. The highest BCUT2D eigenvalue weighted by Gasteiger charge is 2.34. The molecule has 1 aliphatic carbocycles. The lowest BCUT2D eigenvalue weighted by Gasteiger charge is -2.27. The molecule has 20 heavy (non-hydrogen) atoms. The molecule has 7 nitrogen and oxygen atoms in total. The lowest BCUT2D eigenvalue weighted by atomic mass is 10.1. The molecule has 1 aromatic rings. The molecule has 1 fully saturated rings.